The van der Waals surface area contributed by atoms with E-state index in [1.165, 1.54) is 30.6 Å². The van der Waals surface area contributed by atoms with Gasteiger partial charge in [0.05, 0.1) is 12.2 Å². The lowest BCUT2D eigenvalue weighted by Gasteiger charge is -2.35. The van der Waals surface area contributed by atoms with Crippen LogP contribution in [0.5, 0.6) is 0 Å². The molecule has 2 aromatic rings. The van der Waals surface area contributed by atoms with Crippen LogP contribution in [0.15, 0.2) is 16.4 Å². The predicted molar refractivity (Wildman–Crippen MR) is 98.1 cm³/mol. The van der Waals surface area contributed by atoms with E-state index in [4.69, 9.17) is 0 Å². The van der Waals surface area contributed by atoms with E-state index in [9.17, 15) is 4.79 Å². The Labute approximate surface area is 151 Å². The smallest absolute Gasteiger partial charge is 0.267 e. The van der Waals surface area contributed by atoms with Crippen LogP contribution in [-0.4, -0.2) is 50.6 Å². The Balaban J connectivity index is 1.37. The number of rotatable bonds is 6. The van der Waals surface area contributed by atoms with Crippen molar-refractivity contribution in [3.05, 3.63) is 33.2 Å². The van der Waals surface area contributed by atoms with Gasteiger partial charge in [-0.2, -0.15) is 5.10 Å². The first kappa shape index (κ1) is 16.7. The summed E-state index contributed by atoms with van der Waals surface area (Å²) < 4.78 is 1.66. The molecule has 1 N–H and O–H groups in total. The number of fused-ring (bicyclic) bond motifs is 1. The summed E-state index contributed by atoms with van der Waals surface area (Å²) in [6.07, 6.45) is 6.80. The molecule has 1 atom stereocenters. The lowest BCUT2D eigenvalue weighted by molar-refractivity contribution is 0.148. The quantitative estimate of drug-likeness (QED) is 0.842. The summed E-state index contributed by atoms with van der Waals surface area (Å²) in [6, 6.07) is 2.27. The summed E-state index contributed by atoms with van der Waals surface area (Å²) in [5, 5.41) is 16.8. The van der Waals surface area contributed by atoms with Gasteiger partial charge < -0.3 is 5.32 Å². The van der Waals surface area contributed by atoms with Crippen LogP contribution in [0.25, 0.3) is 0 Å². The van der Waals surface area contributed by atoms with Crippen LogP contribution in [0.1, 0.15) is 36.9 Å². The minimum absolute atomic E-state index is 0.0428. The van der Waals surface area contributed by atoms with Gasteiger partial charge in [0, 0.05) is 25.2 Å². The summed E-state index contributed by atoms with van der Waals surface area (Å²) in [5.41, 5.74) is 4.06. The molecular weight excluding hydrogens is 336 g/mol. The van der Waals surface area contributed by atoms with E-state index < -0.39 is 0 Å². The van der Waals surface area contributed by atoms with Gasteiger partial charge in [-0.05, 0) is 44.2 Å². The Morgan fingerprint density at radius 2 is 2.20 bits per heavy atom. The minimum Gasteiger partial charge on any atom is -0.359 e. The fourth-order valence-corrected chi connectivity index (χ4v) is 4.32. The fraction of sp³-hybridized carbons (Fsp3) is 0.647. The van der Waals surface area contributed by atoms with Crippen molar-refractivity contribution >= 4 is 16.5 Å². The molecule has 1 aliphatic carbocycles. The van der Waals surface area contributed by atoms with Crippen molar-refractivity contribution in [3.8, 4) is 0 Å². The molecule has 3 heterocycles. The molecule has 0 spiro atoms. The highest BCUT2D eigenvalue weighted by Crippen LogP contribution is 2.19. The minimum atomic E-state index is 0.0428. The van der Waals surface area contributed by atoms with Crippen molar-refractivity contribution in [2.75, 3.05) is 25.0 Å². The second-order valence-corrected chi connectivity index (χ2v) is 7.67. The summed E-state index contributed by atoms with van der Waals surface area (Å²) in [4.78, 5) is 14.8. The zero-order valence-electron chi connectivity index (χ0n) is 14.4. The summed E-state index contributed by atoms with van der Waals surface area (Å²) in [5.74, 6) is 0. The van der Waals surface area contributed by atoms with Gasteiger partial charge in [-0.1, -0.05) is 17.8 Å². The summed E-state index contributed by atoms with van der Waals surface area (Å²) in [6.45, 7) is 3.50. The second-order valence-electron chi connectivity index (χ2n) is 6.84. The first-order valence-corrected chi connectivity index (χ1v) is 10.0. The maximum atomic E-state index is 12.3. The molecule has 25 heavy (non-hydrogen) atoms. The molecule has 1 unspecified atom stereocenters. The largest absolute Gasteiger partial charge is 0.359 e. The number of nitrogens with one attached hydrogen (secondary N) is 1. The van der Waals surface area contributed by atoms with E-state index in [0.29, 0.717) is 12.6 Å². The zero-order valence-corrected chi connectivity index (χ0v) is 15.2. The monoisotopic (exact) mass is 360 g/mol. The van der Waals surface area contributed by atoms with Crippen molar-refractivity contribution in [2.45, 2.75) is 51.1 Å². The Bertz CT molecular complexity index is 759. The van der Waals surface area contributed by atoms with Gasteiger partial charge in [0.15, 0.2) is 0 Å². The highest BCUT2D eigenvalue weighted by Gasteiger charge is 2.23. The van der Waals surface area contributed by atoms with Crippen LogP contribution in [0.2, 0.25) is 0 Å². The van der Waals surface area contributed by atoms with Crippen molar-refractivity contribution in [1.82, 2.24) is 24.9 Å². The third-order valence-electron chi connectivity index (χ3n) is 5.22. The maximum absolute atomic E-state index is 12.3. The Morgan fingerprint density at radius 3 is 3.08 bits per heavy atom. The zero-order chi connectivity index (χ0) is 17.1. The number of likely N-dealkylation sites (tertiary alicyclic amines) is 1. The average molecular weight is 360 g/mol. The summed E-state index contributed by atoms with van der Waals surface area (Å²) >= 11 is 1.53. The third kappa shape index (κ3) is 3.90. The van der Waals surface area contributed by atoms with Gasteiger partial charge in [-0.3, -0.25) is 9.69 Å². The number of piperidine rings is 1. The van der Waals surface area contributed by atoms with Crippen LogP contribution in [0, 0.1) is 0 Å². The third-order valence-corrected chi connectivity index (χ3v) is 5.87. The molecule has 0 aromatic carbocycles. The van der Waals surface area contributed by atoms with Gasteiger partial charge in [0.25, 0.3) is 5.56 Å². The van der Waals surface area contributed by atoms with E-state index in [0.717, 1.165) is 55.3 Å². The molecule has 0 radical (unpaired) electrons. The second kappa shape index (κ2) is 7.61. The lowest BCUT2D eigenvalue weighted by atomic mass is 10.0. The van der Waals surface area contributed by atoms with Gasteiger partial charge in [-0.25, -0.2) is 4.68 Å². The highest BCUT2D eigenvalue weighted by molar-refractivity contribution is 7.13. The Morgan fingerprint density at radius 1 is 1.24 bits per heavy atom. The van der Waals surface area contributed by atoms with Crippen LogP contribution in [0.3, 0.4) is 0 Å². The van der Waals surface area contributed by atoms with Crippen LogP contribution >= 0.6 is 11.3 Å². The Kier molecular flexibility index (Phi) is 5.07. The molecule has 1 saturated heterocycles. The number of nitrogens with zero attached hydrogens (tertiary/aromatic N) is 5. The molecule has 0 amide bonds. The summed E-state index contributed by atoms with van der Waals surface area (Å²) in [7, 11) is 0. The fourth-order valence-electron chi connectivity index (χ4n) is 3.86. The molecule has 2 aromatic heterocycles. The van der Waals surface area contributed by atoms with E-state index >= 15 is 0 Å². The Hall–Kier alpha value is -1.80. The van der Waals surface area contributed by atoms with Crippen molar-refractivity contribution in [1.29, 1.82) is 0 Å². The molecule has 7 nitrogen and oxygen atoms in total. The van der Waals surface area contributed by atoms with E-state index in [-0.39, 0.29) is 5.56 Å². The first-order chi connectivity index (χ1) is 12.3. The normalized spacial score (nSPS) is 20.6. The van der Waals surface area contributed by atoms with E-state index in [1.54, 1.807) is 16.3 Å². The van der Waals surface area contributed by atoms with Gasteiger partial charge in [0.2, 0.25) is 5.13 Å². The average Bonchev–Trinajstić information content (AvgIpc) is 3.30. The number of hydrogen-bond acceptors (Lipinski definition) is 7. The number of anilines is 1. The topological polar surface area (TPSA) is 75.9 Å². The van der Waals surface area contributed by atoms with E-state index in [1.807, 2.05) is 0 Å². The molecule has 8 heteroatoms. The van der Waals surface area contributed by atoms with E-state index in [2.05, 4.69) is 25.5 Å². The molecule has 134 valence electrons. The maximum Gasteiger partial charge on any atom is 0.267 e. The number of aryl methyl sites for hydroxylation is 2. The van der Waals surface area contributed by atoms with Gasteiger partial charge in [-0.15, -0.1) is 10.2 Å². The molecule has 1 fully saturated rings. The van der Waals surface area contributed by atoms with Crippen LogP contribution in [-0.2, 0) is 19.4 Å². The highest BCUT2D eigenvalue weighted by atomic mass is 32.1. The van der Waals surface area contributed by atoms with Gasteiger partial charge in [0.1, 0.15) is 5.51 Å². The molecule has 0 bridgehead atoms. The predicted octanol–water partition coefficient (Wildman–Crippen LogP) is 1.55. The lowest BCUT2D eigenvalue weighted by Crippen LogP contribution is -2.45. The van der Waals surface area contributed by atoms with Crippen LogP contribution < -0.4 is 10.9 Å². The number of hydrogen-bond donors (Lipinski definition) is 1. The van der Waals surface area contributed by atoms with Crippen molar-refractivity contribution in [3.63, 3.8) is 0 Å². The molecule has 0 saturated carbocycles. The van der Waals surface area contributed by atoms with Crippen molar-refractivity contribution < 1.29 is 0 Å². The van der Waals surface area contributed by atoms with Crippen LogP contribution in [0.4, 0.5) is 5.13 Å². The SMILES string of the molecule is O=c1cc2c(nn1CCN1CCCCC1CNc1nncs1)CCC2. The number of aromatic nitrogens is 4. The van der Waals surface area contributed by atoms with Crippen molar-refractivity contribution in [2.24, 2.45) is 0 Å². The van der Waals surface area contributed by atoms with Gasteiger partial charge >= 0.3 is 0 Å². The molecule has 4 rings (SSSR count). The first-order valence-electron chi connectivity index (χ1n) is 9.13. The molecule has 2 aliphatic rings. The molecular formula is C17H24N6OS. The molecule has 1 aliphatic heterocycles. The standard InChI is InChI=1S/C17H24N6OS/c24-16-10-13-4-3-6-15(13)21-23(16)9-8-22-7-2-1-5-14(22)11-18-17-20-19-12-25-17/h10,12,14H,1-9,11H2,(H,18,20).